The van der Waals surface area contributed by atoms with Crippen molar-refractivity contribution < 1.29 is 9.53 Å². The van der Waals surface area contributed by atoms with Crippen LogP contribution in [0.15, 0.2) is 84.9 Å². The van der Waals surface area contributed by atoms with Gasteiger partial charge in [-0.15, -0.1) is 6.42 Å². The van der Waals surface area contributed by atoms with E-state index in [9.17, 15) is 4.79 Å². The zero-order valence-electron chi connectivity index (χ0n) is 17.4. The van der Waals surface area contributed by atoms with Crippen molar-refractivity contribution in [3.63, 3.8) is 0 Å². The molecule has 0 spiro atoms. The third-order valence-corrected chi connectivity index (χ3v) is 8.44. The molecule has 1 aliphatic carbocycles. The van der Waals surface area contributed by atoms with Gasteiger partial charge >= 0.3 is 5.97 Å². The number of esters is 1. The van der Waals surface area contributed by atoms with Crippen LogP contribution in [0.5, 0.6) is 0 Å². The van der Waals surface area contributed by atoms with Crippen LogP contribution in [0.25, 0.3) is 25.1 Å². The number of allylic oxidation sites excluding steroid dienone is 1. The van der Waals surface area contributed by atoms with Gasteiger partial charge in [0.05, 0.1) is 5.56 Å². The first-order valence-corrected chi connectivity index (χ1v) is 11.7. The molecule has 1 aromatic heterocycles. The van der Waals surface area contributed by atoms with Gasteiger partial charge in [0.2, 0.25) is 0 Å². The van der Waals surface area contributed by atoms with Crippen molar-refractivity contribution in [2.24, 2.45) is 5.92 Å². The molecule has 1 aliphatic rings. The van der Waals surface area contributed by atoms with Crippen molar-refractivity contribution in [1.29, 1.82) is 0 Å². The number of hydrogen-bond donors (Lipinski definition) is 0. The van der Waals surface area contributed by atoms with Gasteiger partial charge in [-0.1, -0.05) is 48.4 Å². The summed E-state index contributed by atoms with van der Waals surface area (Å²) < 4.78 is 8.47. The standard InChI is InChI=1S/C28H23O2S/c1-3-28(2,21-12-4-5-13-21)30-27(29)20-11-10-14-22(19-20)31-25-17-8-6-15-23(25)24-16-7-9-18-26(24)31/h1,4,6-12,14-19,21H,5,13H2,2H3/q+1. The molecule has 31 heavy (non-hydrogen) atoms. The third-order valence-electron chi connectivity index (χ3n) is 6.12. The van der Waals surface area contributed by atoms with Crippen molar-refractivity contribution in [3.8, 4) is 17.2 Å². The van der Waals surface area contributed by atoms with Crippen molar-refractivity contribution >= 4 is 36.6 Å². The Morgan fingerprint density at radius 1 is 1.03 bits per heavy atom. The summed E-state index contributed by atoms with van der Waals surface area (Å²) in [6.45, 7) is 1.83. The average molecular weight is 424 g/mol. The fraction of sp³-hybridized carbons (Fsp3) is 0.179. The summed E-state index contributed by atoms with van der Waals surface area (Å²) in [6, 6.07) is 24.8. The minimum Gasteiger partial charge on any atom is -0.442 e. The highest BCUT2D eigenvalue weighted by molar-refractivity contribution is 7.50. The molecule has 0 saturated carbocycles. The minimum atomic E-state index is -0.936. The van der Waals surface area contributed by atoms with Gasteiger partial charge in [-0.3, -0.25) is 0 Å². The van der Waals surface area contributed by atoms with Crippen molar-refractivity contribution in [2.45, 2.75) is 25.4 Å². The maximum Gasteiger partial charge on any atom is 0.339 e. The number of hydrogen-bond acceptors (Lipinski definition) is 2. The monoisotopic (exact) mass is 423 g/mol. The molecular weight excluding hydrogens is 400 g/mol. The highest BCUT2D eigenvalue weighted by atomic mass is 32.2. The molecule has 3 heteroatoms. The van der Waals surface area contributed by atoms with Crippen LogP contribution in [-0.2, 0) is 4.74 Å². The Balaban J connectivity index is 1.56. The Bertz CT molecular complexity index is 1320. The van der Waals surface area contributed by atoms with E-state index in [0.29, 0.717) is 5.56 Å². The van der Waals surface area contributed by atoms with E-state index in [2.05, 4.69) is 72.7 Å². The Labute approximate surface area is 185 Å². The maximum atomic E-state index is 13.1. The van der Waals surface area contributed by atoms with Crippen LogP contribution in [0.1, 0.15) is 30.1 Å². The van der Waals surface area contributed by atoms with E-state index in [4.69, 9.17) is 11.2 Å². The van der Waals surface area contributed by atoms with Crippen LogP contribution < -0.4 is 0 Å². The largest absolute Gasteiger partial charge is 0.442 e. The molecule has 2 nitrogen and oxygen atoms in total. The fourth-order valence-corrected chi connectivity index (χ4v) is 6.84. The number of rotatable bonds is 4. The molecule has 2 atom stereocenters. The number of terminal acetylenes is 1. The Morgan fingerprint density at radius 2 is 1.71 bits per heavy atom. The number of carbonyl (C=O) groups is 1. The smallest absolute Gasteiger partial charge is 0.339 e. The first-order chi connectivity index (χ1) is 15.1. The minimum absolute atomic E-state index is 0.0556. The normalized spacial score (nSPS) is 17.5. The Hall–Kier alpha value is -3.35. The first kappa shape index (κ1) is 19.6. The molecule has 4 aromatic rings. The second-order valence-corrected chi connectivity index (χ2v) is 10.0. The molecule has 1 heterocycles. The van der Waals surface area contributed by atoms with Gasteiger partial charge in [-0.2, -0.15) is 0 Å². The lowest BCUT2D eigenvalue weighted by Crippen LogP contribution is -2.36. The highest BCUT2D eigenvalue weighted by Crippen LogP contribution is 2.48. The summed E-state index contributed by atoms with van der Waals surface area (Å²) in [5, 5.41) is 2.53. The number of ether oxygens (including phenoxy) is 1. The lowest BCUT2D eigenvalue weighted by Gasteiger charge is -2.29. The molecule has 0 N–H and O–H groups in total. The third kappa shape index (κ3) is 3.34. The van der Waals surface area contributed by atoms with Gasteiger partial charge in [-0.05, 0) is 56.2 Å². The van der Waals surface area contributed by atoms with E-state index in [1.165, 1.54) is 20.2 Å². The first-order valence-electron chi connectivity index (χ1n) is 10.5. The molecule has 0 bridgehead atoms. The summed E-state index contributed by atoms with van der Waals surface area (Å²) in [6.07, 6.45) is 11.8. The highest BCUT2D eigenvalue weighted by Gasteiger charge is 2.36. The van der Waals surface area contributed by atoms with Crippen LogP contribution in [0.4, 0.5) is 0 Å². The average Bonchev–Trinajstić information content (AvgIpc) is 3.46. The summed E-state index contributed by atoms with van der Waals surface area (Å²) in [5.74, 6) is 2.41. The number of benzene rings is 3. The van der Waals surface area contributed by atoms with Gasteiger partial charge in [0, 0.05) is 33.2 Å². The van der Waals surface area contributed by atoms with Gasteiger partial charge in [0.1, 0.15) is 0 Å². The van der Waals surface area contributed by atoms with E-state index in [1.54, 1.807) is 0 Å². The summed E-state index contributed by atoms with van der Waals surface area (Å²) in [5.41, 5.74) is -0.398. The predicted octanol–water partition coefficient (Wildman–Crippen LogP) is 7.25. The SMILES string of the molecule is C#CC(C)(OC(=O)c1cccc(-[s+]2c3ccccc3c3ccccc32)c1)C1C=CCC1. The number of thiophene rings is 1. The predicted molar refractivity (Wildman–Crippen MR) is 130 cm³/mol. The fourth-order valence-electron chi connectivity index (χ4n) is 4.41. The van der Waals surface area contributed by atoms with E-state index in [0.717, 1.165) is 17.7 Å². The molecule has 0 radical (unpaired) electrons. The zero-order valence-corrected chi connectivity index (χ0v) is 18.2. The topological polar surface area (TPSA) is 26.3 Å². The van der Waals surface area contributed by atoms with E-state index >= 15 is 0 Å². The molecule has 0 aliphatic heterocycles. The van der Waals surface area contributed by atoms with Crippen LogP contribution in [-0.4, -0.2) is 11.6 Å². The maximum absolute atomic E-state index is 13.1. The van der Waals surface area contributed by atoms with Crippen molar-refractivity contribution in [2.75, 3.05) is 0 Å². The molecule has 0 fully saturated rings. The van der Waals surface area contributed by atoms with Gasteiger partial charge in [0.25, 0.3) is 0 Å². The lowest BCUT2D eigenvalue weighted by atomic mass is 9.89. The molecular formula is C28H23O2S+. The molecule has 5 rings (SSSR count). The second kappa shape index (κ2) is 7.72. The van der Waals surface area contributed by atoms with E-state index in [1.807, 2.05) is 25.1 Å². The van der Waals surface area contributed by atoms with Gasteiger partial charge < -0.3 is 4.74 Å². The molecule has 3 aromatic carbocycles. The van der Waals surface area contributed by atoms with E-state index in [-0.39, 0.29) is 22.4 Å². The summed E-state index contributed by atoms with van der Waals surface area (Å²) >= 11 is 0. The van der Waals surface area contributed by atoms with E-state index < -0.39 is 5.60 Å². The Kier molecular flexibility index (Phi) is 4.88. The Morgan fingerprint density at radius 3 is 2.32 bits per heavy atom. The molecule has 0 saturated heterocycles. The van der Waals surface area contributed by atoms with Crippen LogP contribution in [0, 0.1) is 18.3 Å². The number of carbonyl (C=O) groups excluding carboxylic acids is 1. The van der Waals surface area contributed by atoms with Crippen molar-refractivity contribution in [1.82, 2.24) is 0 Å². The van der Waals surface area contributed by atoms with Gasteiger partial charge in [-0.25, -0.2) is 4.79 Å². The quantitative estimate of drug-likeness (QED) is 0.150. The van der Waals surface area contributed by atoms with Crippen LogP contribution >= 0.6 is 10.5 Å². The summed E-state index contributed by atoms with van der Waals surface area (Å²) in [7, 11) is -0.254. The van der Waals surface area contributed by atoms with Gasteiger partial charge in [0.15, 0.2) is 19.9 Å². The molecule has 0 amide bonds. The molecule has 152 valence electrons. The van der Waals surface area contributed by atoms with Crippen LogP contribution in [0.2, 0.25) is 0 Å². The lowest BCUT2D eigenvalue weighted by molar-refractivity contribution is -0.000688. The number of fused-ring (bicyclic) bond motifs is 3. The zero-order chi connectivity index (χ0) is 21.4. The van der Waals surface area contributed by atoms with Crippen molar-refractivity contribution in [3.05, 3.63) is 90.5 Å². The second-order valence-electron chi connectivity index (χ2n) is 8.08. The van der Waals surface area contributed by atoms with Crippen LogP contribution in [0.3, 0.4) is 0 Å². The summed E-state index contributed by atoms with van der Waals surface area (Å²) in [4.78, 5) is 14.2. The molecule has 2 unspecified atom stereocenters.